The Labute approximate surface area is 169 Å². The van der Waals surface area contributed by atoms with Crippen molar-refractivity contribution < 1.29 is 18.7 Å². The van der Waals surface area contributed by atoms with Gasteiger partial charge in [0.1, 0.15) is 17.1 Å². The zero-order chi connectivity index (χ0) is 21.0. The summed E-state index contributed by atoms with van der Waals surface area (Å²) >= 11 is 0. The van der Waals surface area contributed by atoms with Gasteiger partial charge >= 0.3 is 6.09 Å². The molecule has 0 saturated carbocycles. The number of rotatable bonds is 6. The predicted molar refractivity (Wildman–Crippen MR) is 107 cm³/mol. The number of aromatic nitrogens is 2. The Morgan fingerprint density at radius 1 is 1.17 bits per heavy atom. The average Bonchev–Trinajstić information content (AvgIpc) is 3.23. The van der Waals surface area contributed by atoms with Gasteiger partial charge in [-0.2, -0.15) is 5.10 Å². The molecule has 0 fully saturated rings. The summed E-state index contributed by atoms with van der Waals surface area (Å²) in [5.41, 5.74) is 1.94. The average molecular weight is 402 g/mol. The van der Waals surface area contributed by atoms with Gasteiger partial charge in [-0.15, -0.1) is 0 Å². The minimum atomic E-state index is -0.546. The van der Waals surface area contributed by atoms with Gasteiger partial charge in [-0.3, -0.25) is 4.79 Å². The molecule has 0 radical (unpaired) electrons. The molecule has 0 saturated heterocycles. The van der Waals surface area contributed by atoms with Crippen LogP contribution in [0.5, 0.6) is 0 Å². The number of hydrogen-bond donors (Lipinski definition) is 2. The zero-order valence-electron chi connectivity index (χ0n) is 17.0. The molecule has 0 spiro atoms. The quantitative estimate of drug-likeness (QED) is 0.727. The van der Waals surface area contributed by atoms with Crippen molar-refractivity contribution in [3.8, 4) is 5.69 Å². The number of para-hydroxylation sites is 1. The van der Waals surface area contributed by atoms with Crippen molar-refractivity contribution >= 4 is 12.0 Å². The van der Waals surface area contributed by atoms with E-state index >= 15 is 0 Å². The first-order valence-corrected chi connectivity index (χ1v) is 9.87. The Hall–Kier alpha value is -2.90. The maximum absolute atomic E-state index is 14.2. The summed E-state index contributed by atoms with van der Waals surface area (Å²) in [6, 6.07) is 6.42. The lowest BCUT2D eigenvalue weighted by Crippen LogP contribution is -2.34. The van der Waals surface area contributed by atoms with Crippen molar-refractivity contribution in [3.63, 3.8) is 0 Å². The second-order valence-electron chi connectivity index (χ2n) is 8.03. The Bertz CT molecular complexity index is 902. The van der Waals surface area contributed by atoms with E-state index in [1.807, 2.05) is 0 Å². The van der Waals surface area contributed by atoms with Crippen LogP contribution in [0.2, 0.25) is 0 Å². The highest BCUT2D eigenvalue weighted by Crippen LogP contribution is 2.28. The Morgan fingerprint density at radius 2 is 1.90 bits per heavy atom. The van der Waals surface area contributed by atoms with Crippen LogP contribution in [0.3, 0.4) is 0 Å². The van der Waals surface area contributed by atoms with Crippen LogP contribution in [-0.4, -0.2) is 40.5 Å². The van der Waals surface area contributed by atoms with Crippen LogP contribution >= 0.6 is 0 Å². The molecule has 1 aliphatic carbocycles. The van der Waals surface area contributed by atoms with Gasteiger partial charge in [-0.25, -0.2) is 13.9 Å². The Morgan fingerprint density at radius 3 is 2.62 bits per heavy atom. The third-order valence-electron chi connectivity index (χ3n) is 4.53. The molecule has 2 N–H and O–H groups in total. The first-order valence-electron chi connectivity index (χ1n) is 9.87. The lowest BCUT2D eigenvalue weighted by atomic mass is 10.2. The normalized spacial score (nSPS) is 13.1. The van der Waals surface area contributed by atoms with Crippen LogP contribution in [0.15, 0.2) is 24.3 Å². The molecule has 3 rings (SSSR count). The molecule has 29 heavy (non-hydrogen) atoms. The Balaban J connectivity index is 1.58. The molecule has 0 bridgehead atoms. The minimum Gasteiger partial charge on any atom is -0.444 e. The number of hydrogen-bond acceptors (Lipinski definition) is 4. The zero-order valence-corrected chi connectivity index (χ0v) is 17.0. The second-order valence-corrected chi connectivity index (χ2v) is 8.03. The van der Waals surface area contributed by atoms with Crippen LogP contribution in [0, 0.1) is 5.82 Å². The van der Waals surface area contributed by atoms with Gasteiger partial charge in [0.25, 0.3) is 5.91 Å². The number of nitrogens with one attached hydrogen (secondary N) is 2. The number of fused-ring (bicyclic) bond motifs is 1. The summed E-state index contributed by atoms with van der Waals surface area (Å²) < 4.78 is 20.9. The lowest BCUT2D eigenvalue weighted by molar-refractivity contribution is 0.0527. The number of benzene rings is 1. The van der Waals surface area contributed by atoms with Crippen molar-refractivity contribution in [1.29, 1.82) is 0 Å². The van der Waals surface area contributed by atoms with Crippen molar-refractivity contribution in [2.75, 3.05) is 13.1 Å². The van der Waals surface area contributed by atoms with Gasteiger partial charge in [0.05, 0.1) is 0 Å². The summed E-state index contributed by atoms with van der Waals surface area (Å²) in [7, 11) is 0. The number of carbonyl (C=O) groups excluding carboxylic acids is 2. The topological polar surface area (TPSA) is 85.2 Å². The maximum atomic E-state index is 14.2. The van der Waals surface area contributed by atoms with Crippen LogP contribution in [0.4, 0.5) is 9.18 Å². The maximum Gasteiger partial charge on any atom is 0.407 e. The molecule has 2 amide bonds. The number of carbonyl (C=O) groups is 2. The number of halogens is 1. The highest BCUT2D eigenvalue weighted by atomic mass is 19.1. The number of amides is 2. The van der Waals surface area contributed by atoms with Gasteiger partial charge in [0.15, 0.2) is 5.69 Å². The summed E-state index contributed by atoms with van der Waals surface area (Å²) in [5, 5.41) is 9.89. The van der Waals surface area contributed by atoms with E-state index < -0.39 is 11.7 Å². The first kappa shape index (κ1) is 20.8. The molecule has 0 atom stereocenters. The van der Waals surface area contributed by atoms with Crippen molar-refractivity contribution in [1.82, 2.24) is 20.4 Å². The molecule has 2 aromatic rings. The molecule has 7 nitrogen and oxygen atoms in total. The fourth-order valence-electron chi connectivity index (χ4n) is 3.32. The predicted octanol–water partition coefficient (Wildman–Crippen LogP) is 3.14. The van der Waals surface area contributed by atoms with Crippen LogP contribution in [-0.2, 0) is 17.6 Å². The van der Waals surface area contributed by atoms with E-state index in [0.29, 0.717) is 30.9 Å². The molecular formula is C21H27FN4O3. The number of ether oxygens (including phenoxy) is 1. The van der Waals surface area contributed by atoms with Crippen LogP contribution in [0.25, 0.3) is 5.69 Å². The molecule has 1 aliphatic rings. The molecular weight excluding hydrogens is 375 g/mol. The third-order valence-corrected chi connectivity index (χ3v) is 4.53. The van der Waals surface area contributed by atoms with E-state index in [1.54, 1.807) is 43.7 Å². The fourth-order valence-corrected chi connectivity index (χ4v) is 3.32. The van der Waals surface area contributed by atoms with Gasteiger partial charge in [0.2, 0.25) is 0 Å². The molecule has 1 aromatic heterocycles. The second kappa shape index (κ2) is 8.63. The lowest BCUT2D eigenvalue weighted by Gasteiger charge is -2.19. The SMILES string of the molecule is CC(C)(C)OC(=O)NCCCNC(=O)c1nn(-c2ccccc2F)c2c1CCC2. The highest BCUT2D eigenvalue weighted by Gasteiger charge is 2.27. The van der Waals surface area contributed by atoms with E-state index in [0.717, 1.165) is 30.5 Å². The monoisotopic (exact) mass is 402 g/mol. The van der Waals surface area contributed by atoms with Crippen molar-refractivity contribution in [2.24, 2.45) is 0 Å². The van der Waals surface area contributed by atoms with E-state index in [1.165, 1.54) is 6.07 Å². The van der Waals surface area contributed by atoms with Crippen LogP contribution < -0.4 is 10.6 Å². The van der Waals surface area contributed by atoms with Gasteiger partial charge in [-0.05, 0) is 58.6 Å². The van der Waals surface area contributed by atoms with E-state index in [9.17, 15) is 14.0 Å². The molecule has 0 aliphatic heterocycles. The van der Waals surface area contributed by atoms with Gasteiger partial charge < -0.3 is 15.4 Å². The standard InChI is InChI=1S/C21H27FN4O3/c1-21(2,3)29-20(28)24-13-7-12-23-19(27)18-14-8-6-11-16(14)26(25-18)17-10-5-4-9-15(17)22/h4-5,9-10H,6-8,11-13H2,1-3H3,(H,23,27)(H,24,28). The summed E-state index contributed by atoms with van der Waals surface area (Å²) in [6.07, 6.45) is 2.52. The smallest absolute Gasteiger partial charge is 0.407 e. The first-order chi connectivity index (χ1) is 13.8. The van der Waals surface area contributed by atoms with E-state index in [4.69, 9.17) is 4.74 Å². The summed E-state index contributed by atoms with van der Waals surface area (Å²) in [4.78, 5) is 24.2. The molecule has 0 unspecified atom stereocenters. The molecule has 156 valence electrons. The molecule has 1 heterocycles. The fraction of sp³-hybridized carbons (Fsp3) is 0.476. The van der Waals surface area contributed by atoms with Crippen molar-refractivity contribution in [2.45, 2.75) is 52.1 Å². The van der Waals surface area contributed by atoms with Gasteiger partial charge in [0, 0.05) is 24.3 Å². The van der Waals surface area contributed by atoms with E-state index in [2.05, 4.69) is 15.7 Å². The largest absolute Gasteiger partial charge is 0.444 e. The summed E-state index contributed by atoms with van der Waals surface area (Å²) in [6.45, 7) is 6.16. The van der Waals surface area contributed by atoms with E-state index in [-0.39, 0.29) is 11.7 Å². The molecule has 1 aromatic carbocycles. The number of nitrogens with zero attached hydrogens (tertiary/aromatic N) is 2. The summed E-state index contributed by atoms with van der Waals surface area (Å²) in [5.74, 6) is -0.652. The molecule has 8 heteroatoms. The minimum absolute atomic E-state index is 0.282. The van der Waals surface area contributed by atoms with Crippen LogP contribution in [0.1, 0.15) is 55.4 Å². The van der Waals surface area contributed by atoms with Gasteiger partial charge in [-0.1, -0.05) is 12.1 Å². The highest BCUT2D eigenvalue weighted by molar-refractivity contribution is 5.94. The Kier molecular flexibility index (Phi) is 6.20. The third kappa shape index (κ3) is 5.13. The van der Waals surface area contributed by atoms with Crippen molar-refractivity contribution in [3.05, 3.63) is 47.0 Å². The number of alkyl carbamates (subject to hydrolysis) is 1.